The molecule has 4 N–H and O–H groups in total. The maximum Gasteiger partial charge on any atom is 0.275 e. The van der Waals surface area contributed by atoms with E-state index in [2.05, 4.69) is 11.1 Å². The third-order valence-corrected chi connectivity index (χ3v) is 1.48. The second kappa shape index (κ2) is 5.92. The Kier molecular flexibility index (Phi) is 5.23. The minimum absolute atomic E-state index is 0.116. The van der Waals surface area contributed by atoms with Gasteiger partial charge in [-0.2, -0.15) is 0 Å². The number of carboxylic acids is 2. The van der Waals surface area contributed by atoms with Crippen LogP contribution in [0.1, 0.15) is 12.8 Å². The molecular formula is C7H11N2O5-. The van der Waals surface area contributed by atoms with Gasteiger partial charge in [0.05, 0.1) is 12.0 Å². The molecule has 0 bridgehead atoms. The lowest BCUT2D eigenvalue weighted by Gasteiger charge is -2.18. The van der Waals surface area contributed by atoms with Crippen molar-refractivity contribution in [1.29, 1.82) is 0 Å². The average molecular weight is 203 g/mol. The first kappa shape index (κ1) is 12.4. The zero-order valence-electron chi connectivity index (χ0n) is 7.45. The van der Waals surface area contributed by atoms with Gasteiger partial charge in [-0.15, -0.1) is 0 Å². The highest BCUT2D eigenvalue weighted by Gasteiger charge is 2.12. The second-order valence-electron chi connectivity index (χ2n) is 2.60. The molecule has 0 aromatic rings. The molecule has 0 fully saturated rings. The van der Waals surface area contributed by atoms with Crippen molar-refractivity contribution in [1.82, 2.24) is 5.32 Å². The maximum atomic E-state index is 10.7. The highest BCUT2D eigenvalue weighted by molar-refractivity contribution is 5.83. The Labute approximate surface area is 79.9 Å². The van der Waals surface area contributed by atoms with Crippen LogP contribution in [0.15, 0.2) is 0 Å². The van der Waals surface area contributed by atoms with Crippen LogP contribution >= 0.6 is 0 Å². The predicted molar refractivity (Wildman–Crippen MR) is 38.9 cm³/mol. The molecule has 0 aliphatic rings. The van der Waals surface area contributed by atoms with E-state index in [0.29, 0.717) is 0 Å². The fourth-order valence-electron chi connectivity index (χ4n) is 0.778. The number of hydrogen-bond acceptors (Lipinski definition) is 5. The van der Waals surface area contributed by atoms with Gasteiger partial charge in [-0.25, -0.2) is 0 Å². The number of nitrogens with one attached hydrogen (secondary N) is 1. The summed E-state index contributed by atoms with van der Waals surface area (Å²) in [6.07, 6.45) is -0.702. The van der Waals surface area contributed by atoms with Gasteiger partial charge in [0.2, 0.25) is 0 Å². The maximum absolute atomic E-state index is 10.7. The summed E-state index contributed by atoms with van der Waals surface area (Å²) in [5.74, 6) is -3.47. The Morgan fingerprint density at radius 2 is 1.86 bits per heavy atom. The van der Waals surface area contributed by atoms with E-state index in [1.807, 2.05) is 0 Å². The van der Waals surface area contributed by atoms with Gasteiger partial charge in [-0.05, 0) is 12.8 Å². The van der Waals surface area contributed by atoms with E-state index in [9.17, 15) is 24.6 Å². The first-order chi connectivity index (χ1) is 6.47. The van der Waals surface area contributed by atoms with Crippen molar-refractivity contribution < 1.29 is 30.3 Å². The number of hydrogen-bond donors (Lipinski definition) is 2. The Hall–Kier alpha value is -1.63. The Bertz CT molecular complexity index is 240. The number of carboxylic acid groups (broad SMARTS) is 2. The van der Waals surface area contributed by atoms with E-state index < -0.39 is 30.3 Å². The summed E-state index contributed by atoms with van der Waals surface area (Å²) >= 11 is 0. The molecule has 1 atom stereocenters. The van der Waals surface area contributed by atoms with E-state index in [-0.39, 0.29) is 13.0 Å². The number of carbonyl (C=O) groups is 3. The zero-order chi connectivity index (χ0) is 11.1. The lowest BCUT2D eigenvalue weighted by molar-refractivity contribution is -0.355. The van der Waals surface area contributed by atoms with E-state index in [4.69, 9.17) is 0 Å². The summed E-state index contributed by atoms with van der Waals surface area (Å²) in [6.45, 7) is -0.116. The molecule has 0 aliphatic heterocycles. The van der Waals surface area contributed by atoms with Crippen LogP contribution in [0.5, 0.6) is 0 Å². The quantitative estimate of drug-likeness (QED) is 0.445. The number of amides is 1. The molecule has 0 rings (SSSR count). The molecule has 14 heavy (non-hydrogen) atoms. The molecule has 0 saturated heterocycles. The van der Waals surface area contributed by atoms with E-state index in [1.165, 1.54) is 0 Å². The molecule has 80 valence electrons. The molecule has 7 heteroatoms. The zero-order valence-corrected chi connectivity index (χ0v) is 7.45. The van der Waals surface area contributed by atoms with Gasteiger partial charge in [-0.3, -0.25) is 4.79 Å². The van der Waals surface area contributed by atoms with Crippen LogP contribution in [-0.2, 0) is 14.4 Å². The summed E-state index contributed by atoms with van der Waals surface area (Å²) in [5, 5.41) is 22.5. The van der Waals surface area contributed by atoms with Crippen LogP contribution in [0.2, 0.25) is 0 Å². The van der Waals surface area contributed by atoms with Gasteiger partial charge >= 0.3 is 0 Å². The third-order valence-electron chi connectivity index (χ3n) is 1.48. The normalized spacial score (nSPS) is 11.8. The molecule has 0 radical (unpaired) electrons. The van der Waals surface area contributed by atoms with Crippen LogP contribution in [0.4, 0.5) is 0 Å². The predicted octanol–water partition coefficient (Wildman–Crippen LogP) is -5.01. The Balaban J connectivity index is 4.09. The van der Waals surface area contributed by atoms with Crippen LogP contribution in [0.3, 0.4) is 0 Å². The molecule has 0 unspecified atom stereocenters. The molecule has 1 amide bonds. The first-order valence-corrected chi connectivity index (χ1v) is 3.96. The minimum atomic E-state index is -1.52. The van der Waals surface area contributed by atoms with Gasteiger partial charge in [0.15, 0.2) is 6.54 Å². The van der Waals surface area contributed by atoms with Crippen LogP contribution in [0, 0.1) is 0 Å². The topological polar surface area (TPSA) is 137 Å². The summed E-state index contributed by atoms with van der Waals surface area (Å²) in [7, 11) is 0. The highest BCUT2D eigenvalue weighted by atomic mass is 16.4. The van der Waals surface area contributed by atoms with Crippen molar-refractivity contribution in [3.8, 4) is 0 Å². The molecular weight excluding hydrogens is 192 g/mol. The number of quaternary nitrogens is 1. The van der Waals surface area contributed by atoms with Gasteiger partial charge in [0, 0.05) is 5.97 Å². The van der Waals surface area contributed by atoms with Gasteiger partial charge < -0.3 is 30.9 Å². The fraction of sp³-hybridized carbons (Fsp3) is 0.571. The number of aliphatic carboxylic acids is 2. The van der Waals surface area contributed by atoms with E-state index >= 15 is 0 Å². The second-order valence-corrected chi connectivity index (χ2v) is 2.60. The molecule has 0 aromatic carbocycles. The molecule has 0 spiro atoms. The van der Waals surface area contributed by atoms with E-state index in [0.717, 1.165) is 0 Å². The first-order valence-electron chi connectivity index (χ1n) is 3.96. The number of carbonyl (C=O) groups excluding carboxylic acids is 3. The highest BCUT2D eigenvalue weighted by Crippen LogP contribution is 1.95. The van der Waals surface area contributed by atoms with Crippen molar-refractivity contribution >= 4 is 17.8 Å². The average Bonchev–Trinajstić information content (AvgIpc) is 2.10. The largest absolute Gasteiger partial charge is 0.550 e. The van der Waals surface area contributed by atoms with Crippen molar-refractivity contribution in [2.75, 3.05) is 6.54 Å². The van der Waals surface area contributed by atoms with Gasteiger partial charge in [0.25, 0.3) is 5.91 Å². The summed E-state index contributed by atoms with van der Waals surface area (Å²) < 4.78 is 0. The molecule has 0 aliphatic carbocycles. The van der Waals surface area contributed by atoms with Crippen molar-refractivity contribution in [2.45, 2.75) is 18.9 Å². The van der Waals surface area contributed by atoms with Gasteiger partial charge in [-0.1, -0.05) is 0 Å². The molecule has 0 saturated carbocycles. The number of rotatable bonds is 6. The summed E-state index contributed by atoms with van der Waals surface area (Å²) in [6, 6.07) is -1.30. The lowest BCUT2D eigenvalue weighted by atomic mass is 10.1. The Morgan fingerprint density at radius 1 is 1.29 bits per heavy atom. The summed E-state index contributed by atoms with van der Waals surface area (Å²) in [5.41, 5.74) is 3.24. The van der Waals surface area contributed by atoms with Crippen molar-refractivity contribution in [3.63, 3.8) is 0 Å². The molecule has 0 heterocycles. The lowest BCUT2D eigenvalue weighted by Crippen LogP contribution is -2.60. The minimum Gasteiger partial charge on any atom is -0.550 e. The molecule has 0 aromatic heterocycles. The fourth-order valence-corrected chi connectivity index (χ4v) is 0.778. The standard InChI is InChI=1S/C7H12N2O5/c8-3-5(10)9-4(7(13)14)1-2-6(11)12/h4H,1-3,8H2,(H,9,10)(H,11,12)(H,13,14)/p-1/t4-/m0/s1. The van der Waals surface area contributed by atoms with Gasteiger partial charge in [0.1, 0.15) is 0 Å². The SMILES string of the molecule is [NH3+]CC(=O)N[C@@H](CCC(=O)[O-])C(=O)[O-]. The van der Waals surface area contributed by atoms with E-state index in [1.54, 1.807) is 0 Å². The van der Waals surface area contributed by atoms with Crippen molar-refractivity contribution in [2.24, 2.45) is 0 Å². The van der Waals surface area contributed by atoms with Crippen molar-refractivity contribution in [3.05, 3.63) is 0 Å². The summed E-state index contributed by atoms with van der Waals surface area (Å²) in [4.78, 5) is 31.2. The third kappa shape index (κ3) is 5.09. The van der Waals surface area contributed by atoms with Crippen LogP contribution in [-0.4, -0.2) is 30.4 Å². The van der Waals surface area contributed by atoms with Crippen LogP contribution in [0.25, 0.3) is 0 Å². The van der Waals surface area contributed by atoms with Crippen LogP contribution < -0.4 is 21.3 Å². The smallest absolute Gasteiger partial charge is 0.275 e. The molecule has 7 nitrogen and oxygen atoms in total. The Morgan fingerprint density at radius 3 is 2.21 bits per heavy atom. The monoisotopic (exact) mass is 203 g/mol.